The predicted molar refractivity (Wildman–Crippen MR) is 83.4 cm³/mol. The summed E-state index contributed by atoms with van der Waals surface area (Å²) in [7, 11) is 4.16. The second-order valence-electron chi connectivity index (χ2n) is 5.05. The molecule has 1 N–H and O–H groups in total. The number of hydrogen-bond acceptors (Lipinski definition) is 5. The molecule has 2 aromatic rings. The fraction of sp³-hybridized carbons (Fsp3) is 0.538. The van der Waals surface area contributed by atoms with Crippen molar-refractivity contribution in [3.63, 3.8) is 0 Å². The second-order valence-corrected chi connectivity index (χ2v) is 6.63. The first-order valence-corrected chi connectivity index (χ1v) is 7.50. The van der Waals surface area contributed by atoms with Gasteiger partial charge in [0.2, 0.25) is 5.28 Å². The highest BCUT2D eigenvalue weighted by atomic mass is 35.5. The Kier molecular flexibility index (Phi) is 4.60. The van der Waals surface area contributed by atoms with Crippen LogP contribution >= 0.6 is 22.9 Å². The van der Waals surface area contributed by atoms with E-state index in [9.17, 15) is 0 Å². The van der Waals surface area contributed by atoms with Crippen LogP contribution in [0, 0.1) is 6.92 Å². The van der Waals surface area contributed by atoms with E-state index in [1.165, 1.54) is 4.88 Å². The van der Waals surface area contributed by atoms with Crippen LogP contribution in [0.2, 0.25) is 5.28 Å². The number of rotatable bonds is 5. The molecule has 1 atom stereocenters. The van der Waals surface area contributed by atoms with E-state index >= 15 is 0 Å². The minimum absolute atomic E-state index is 0.302. The Labute approximate surface area is 122 Å². The Hall–Kier alpha value is -0.910. The van der Waals surface area contributed by atoms with Crippen LogP contribution in [0.4, 0.5) is 5.82 Å². The average Bonchev–Trinajstić information content (AvgIpc) is 2.67. The van der Waals surface area contributed by atoms with Gasteiger partial charge in [-0.25, -0.2) is 9.97 Å². The molecule has 0 aliphatic heterocycles. The molecule has 0 amide bonds. The molecular weight excluding hydrogens is 280 g/mol. The van der Waals surface area contributed by atoms with Crippen molar-refractivity contribution in [2.45, 2.75) is 26.3 Å². The van der Waals surface area contributed by atoms with Crippen molar-refractivity contribution in [2.24, 2.45) is 0 Å². The van der Waals surface area contributed by atoms with Crippen molar-refractivity contribution in [1.82, 2.24) is 14.9 Å². The maximum absolute atomic E-state index is 5.98. The summed E-state index contributed by atoms with van der Waals surface area (Å²) in [6.45, 7) is 5.27. The molecule has 0 radical (unpaired) electrons. The predicted octanol–water partition coefficient (Wildman–Crippen LogP) is 3.41. The molecule has 0 aromatic carbocycles. The quantitative estimate of drug-likeness (QED) is 0.859. The van der Waals surface area contributed by atoms with Crippen molar-refractivity contribution in [3.05, 3.63) is 16.2 Å². The highest BCUT2D eigenvalue weighted by Gasteiger charge is 2.12. The molecule has 0 fully saturated rings. The van der Waals surface area contributed by atoms with E-state index in [0.29, 0.717) is 11.3 Å². The number of fused-ring (bicyclic) bond motifs is 1. The molecule has 0 saturated carbocycles. The van der Waals surface area contributed by atoms with Gasteiger partial charge in [0, 0.05) is 10.9 Å². The number of nitrogens with zero attached hydrogens (tertiary/aromatic N) is 3. The maximum atomic E-state index is 5.98. The number of nitrogens with one attached hydrogen (secondary N) is 1. The van der Waals surface area contributed by atoms with Crippen LogP contribution in [0.15, 0.2) is 6.07 Å². The van der Waals surface area contributed by atoms with Gasteiger partial charge in [-0.05, 0) is 58.6 Å². The monoisotopic (exact) mass is 298 g/mol. The first kappa shape index (κ1) is 14.5. The number of aromatic nitrogens is 2. The minimum Gasteiger partial charge on any atom is -0.367 e. The van der Waals surface area contributed by atoms with Gasteiger partial charge >= 0.3 is 0 Å². The molecule has 1 unspecified atom stereocenters. The van der Waals surface area contributed by atoms with Gasteiger partial charge in [-0.1, -0.05) is 0 Å². The van der Waals surface area contributed by atoms with Gasteiger partial charge in [-0.3, -0.25) is 0 Å². The topological polar surface area (TPSA) is 41.0 Å². The summed E-state index contributed by atoms with van der Waals surface area (Å²) < 4.78 is 0. The summed E-state index contributed by atoms with van der Waals surface area (Å²) in [4.78, 5) is 12.9. The molecule has 4 nitrogen and oxygen atoms in total. The Morgan fingerprint density at radius 3 is 2.84 bits per heavy atom. The van der Waals surface area contributed by atoms with Crippen LogP contribution in [0.1, 0.15) is 18.2 Å². The zero-order valence-electron chi connectivity index (χ0n) is 11.7. The van der Waals surface area contributed by atoms with Crippen molar-refractivity contribution in [1.29, 1.82) is 0 Å². The average molecular weight is 299 g/mol. The molecule has 0 aliphatic rings. The van der Waals surface area contributed by atoms with E-state index < -0.39 is 0 Å². The third kappa shape index (κ3) is 3.78. The number of anilines is 1. The Balaban J connectivity index is 2.19. The Bertz CT molecular complexity index is 567. The third-order valence-corrected chi connectivity index (χ3v) is 3.99. The second kappa shape index (κ2) is 6.03. The van der Waals surface area contributed by atoms with Crippen LogP contribution in [-0.4, -0.2) is 41.5 Å². The maximum Gasteiger partial charge on any atom is 0.225 e. The van der Waals surface area contributed by atoms with Crippen molar-refractivity contribution in [2.75, 3.05) is 26.0 Å². The Morgan fingerprint density at radius 2 is 2.16 bits per heavy atom. The van der Waals surface area contributed by atoms with E-state index in [1.54, 1.807) is 11.3 Å². The van der Waals surface area contributed by atoms with E-state index in [-0.39, 0.29) is 0 Å². The van der Waals surface area contributed by atoms with Crippen LogP contribution in [0.3, 0.4) is 0 Å². The number of hydrogen-bond donors (Lipinski definition) is 1. The molecule has 0 aliphatic carbocycles. The molecule has 0 saturated heterocycles. The summed E-state index contributed by atoms with van der Waals surface area (Å²) in [6.07, 6.45) is 1.05. The van der Waals surface area contributed by atoms with Crippen molar-refractivity contribution >= 4 is 39.0 Å². The lowest BCUT2D eigenvalue weighted by Crippen LogP contribution is -2.23. The fourth-order valence-electron chi connectivity index (χ4n) is 1.88. The van der Waals surface area contributed by atoms with Gasteiger partial charge in [-0.2, -0.15) is 0 Å². The minimum atomic E-state index is 0.302. The standard InChI is InChI=1S/C13H19ClN4S/c1-8(5-6-18(3)4)15-11-10-7-9(2)19-12(10)17-13(14)16-11/h7-8H,5-6H2,1-4H3,(H,15,16,17). The van der Waals surface area contributed by atoms with E-state index in [0.717, 1.165) is 29.0 Å². The van der Waals surface area contributed by atoms with Crippen LogP contribution in [0.5, 0.6) is 0 Å². The highest BCUT2D eigenvalue weighted by Crippen LogP contribution is 2.29. The molecule has 19 heavy (non-hydrogen) atoms. The largest absolute Gasteiger partial charge is 0.367 e. The van der Waals surface area contributed by atoms with Gasteiger partial charge in [-0.15, -0.1) is 11.3 Å². The van der Waals surface area contributed by atoms with Gasteiger partial charge < -0.3 is 10.2 Å². The zero-order chi connectivity index (χ0) is 14.0. The van der Waals surface area contributed by atoms with Gasteiger partial charge in [0.05, 0.1) is 5.39 Å². The first-order valence-electron chi connectivity index (χ1n) is 6.30. The number of aryl methyl sites for hydroxylation is 1. The zero-order valence-corrected chi connectivity index (χ0v) is 13.3. The summed E-state index contributed by atoms with van der Waals surface area (Å²) in [5.41, 5.74) is 0. The summed E-state index contributed by atoms with van der Waals surface area (Å²) in [5, 5.41) is 4.80. The molecule has 0 spiro atoms. The van der Waals surface area contributed by atoms with E-state index in [4.69, 9.17) is 11.6 Å². The van der Waals surface area contributed by atoms with Crippen molar-refractivity contribution in [3.8, 4) is 0 Å². The van der Waals surface area contributed by atoms with Gasteiger partial charge in [0.1, 0.15) is 10.6 Å². The van der Waals surface area contributed by atoms with Crippen LogP contribution in [-0.2, 0) is 0 Å². The summed E-state index contributed by atoms with van der Waals surface area (Å²) in [5.74, 6) is 0.839. The smallest absolute Gasteiger partial charge is 0.225 e. The van der Waals surface area contributed by atoms with Gasteiger partial charge in [0.15, 0.2) is 0 Å². The normalized spacial score (nSPS) is 13.2. The number of halogens is 1. The lowest BCUT2D eigenvalue weighted by atomic mass is 10.2. The fourth-order valence-corrected chi connectivity index (χ4v) is 2.98. The third-order valence-electron chi connectivity index (χ3n) is 2.88. The first-order chi connectivity index (χ1) is 8.95. The lowest BCUT2D eigenvalue weighted by Gasteiger charge is -2.17. The highest BCUT2D eigenvalue weighted by molar-refractivity contribution is 7.18. The summed E-state index contributed by atoms with van der Waals surface area (Å²) >= 11 is 7.62. The number of thiophene rings is 1. The molecule has 2 rings (SSSR count). The SMILES string of the molecule is Cc1cc2c(NC(C)CCN(C)C)nc(Cl)nc2s1. The summed E-state index contributed by atoms with van der Waals surface area (Å²) in [6, 6.07) is 2.45. The van der Waals surface area contributed by atoms with Crippen LogP contribution < -0.4 is 5.32 Å². The molecule has 104 valence electrons. The molecule has 6 heteroatoms. The Morgan fingerprint density at radius 1 is 1.42 bits per heavy atom. The molecule has 0 bridgehead atoms. The van der Waals surface area contributed by atoms with Crippen LogP contribution in [0.25, 0.3) is 10.2 Å². The van der Waals surface area contributed by atoms with E-state index in [2.05, 4.69) is 54.2 Å². The van der Waals surface area contributed by atoms with Crippen molar-refractivity contribution < 1.29 is 0 Å². The molecular formula is C13H19ClN4S. The van der Waals surface area contributed by atoms with Gasteiger partial charge in [0.25, 0.3) is 0 Å². The molecule has 2 heterocycles. The lowest BCUT2D eigenvalue weighted by molar-refractivity contribution is 0.390. The molecule has 2 aromatic heterocycles. The van der Waals surface area contributed by atoms with E-state index in [1.807, 2.05) is 0 Å².